The summed E-state index contributed by atoms with van der Waals surface area (Å²) in [6, 6.07) is 18.5. The highest BCUT2D eigenvalue weighted by Gasteiger charge is 2.31. The van der Waals surface area contributed by atoms with Crippen molar-refractivity contribution < 1.29 is 22.4 Å². The van der Waals surface area contributed by atoms with Crippen LogP contribution in [0.2, 0.25) is 0 Å². The van der Waals surface area contributed by atoms with Gasteiger partial charge >= 0.3 is 11.6 Å². The Bertz CT molecular complexity index is 1570. The van der Waals surface area contributed by atoms with Gasteiger partial charge in [-0.15, -0.1) is 0 Å². The van der Waals surface area contributed by atoms with Crippen LogP contribution in [-0.2, 0) is 14.8 Å². The van der Waals surface area contributed by atoms with E-state index >= 15 is 0 Å². The number of benzene rings is 3. The Labute approximate surface area is 202 Å². The van der Waals surface area contributed by atoms with Gasteiger partial charge in [0, 0.05) is 17.5 Å². The molecule has 3 aromatic carbocycles. The second-order valence-corrected chi connectivity index (χ2v) is 10.7. The molecular formula is C27H25NO6S. The van der Waals surface area contributed by atoms with Crippen molar-refractivity contribution in [1.82, 2.24) is 4.72 Å². The summed E-state index contributed by atoms with van der Waals surface area (Å²) >= 11 is 0. The predicted octanol–water partition coefficient (Wildman–Crippen LogP) is 4.70. The first kappa shape index (κ1) is 23.3. The highest BCUT2D eigenvalue weighted by molar-refractivity contribution is 7.89. The molecule has 1 heterocycles. The molecule has 1 saturated carbocycles. The molecule has 0 aliphatic heterocycles. The zero-order valence-corrected chi connectivity index (χ0v) is 20.0. The molecule has 2 atom stereocenters. The molecule has 0 radical (unpaired) electrons. The number of hydrogen-bond acceptors (Lipinski definition) is 6. The molecule has 8 heteroatoms. The molecular weight excluding hydrogens is 466 g/mol. The topological polar surface area (TPSA) is 103 Å². The maximum absolute atomic E-state index is 12.9. The second kappa shape index (κ2) is 9.28. The van der Waals surface area contributed by atoms with Crippen LogP contribution in [0.1, 0.15) is 31.2 Å². The Morgan fingerprint density at radius 2 is 1.71 bits per heavy atom. The van der Waals surface area contributed by atoms with Crippen molar-refractivity contribution >= 4 is 37.7 Å². The summed E-state index contributed by atoms with van der Waals surface area (Å²) in [5.41, 5.74) is 0.865. The fourth-order valence-electron chi connectivity index (χ4n) is 4.64. The van der Waals surface area contributed by atoms with Gasteiger partial charge in [0.2, 0.25) is 10.0 Å². The Morgan fingerprint density at radius 1 is 0.971 bits per heavy atom. The van der Waals surface area contributed by atoms with Crippen molar-refractivity contribution in [1.29, 1.82) is 0 Å². The van der Waals surface area contributed by atoms with Gasteiger partial charge < -0.3 is 9.15 Å². The molecule has 1 aliphatic carbocycles. The smallest absolute Gasteiger partial charge is 0.344 e. The first-order chi connectivity index (χ1) is 16.8. The molecule has 5 rings (SSSR count). The van der Waals surface area contributed by atoms with Crippen molar-refractivity contribution in [3.05, 3.63) is 82.7 Å². The summed E-state index contributed by atoms with van der Waals surface area (Å²) in [4.78, 5) is 25.4. The van der Waals surface area contributed by atoms with Gasteiger partial charge in [-0.3, -0.25) is 4.79 Å². The van der Waals surface area contributed by atoms with Gasteiger partial charge in [-0.05, 0) is 61.9 Å². The number of nitrogens with one attached hydrogen (secondary N) is 1. The third-order valence-corrected chi connectivity index (χ3v) is 8.01. The lowest BCUT2D eigenvalue weighted by molar-refractivity contribution is -0.140. The quantitative estimate of drug-likeness (QED) is 0.188. The summed E-state index contributed by atoms with van der Waals surface area (Å²) in [7, 11) is -3.68. The third kappa shape index (κ3) is 4.85. The van der Waals surface area contributed by atoms with Crippen molar-refractivity contribution in [3.63, 3.8) is 0 Å². The van der Waals surface area contributed by atoms with Crippen molar-refractivity contribution in [2.45, 2.75) is 43.5 Å². The van der Waals surface area contributed by atoms with Crippen LogP contribution in [0, 0.1) is 12.8 Å². The zero-order valence-electron chi connectivity index (χ0n) is 19.2. The van der Waals surface area contributed by atoms with E-state index in [0.717, 1.165) is 16.3 Å². The first-order valence-electron chi connectivity index (χ1n) is 11.6. The molecule has 2 unspecified atom stereocenters. The van der Waals surface area contributed by atoms with E-state index in [9.17, 15) is 18.0 Å². The average molecular weight is 492 g/mol. The molecule has 1 fully saturated rings. The number of ether oxygens (including phenoxy) is 1. The molecule has 7 nitrogen and oxygen atoms in total. The minimum absolute atomic E-state index is 0.206. The van der Waals surface area contributed by atoms with E-state index in [0.29, 0.717) is 36.7 Å². The lowest BCUT2D eigenvalue weighted by Crippen LogP contribution is -2.40. The maximum atomic E-state index is 12.9. The lowest BCUT2D eigenvalue weighted by Gasteiger charge is -2.28. The molecule has 0 saturated heterocycles. The highest BCUT2D eigenvalue weighted by Crippen LogP contribution is 2.30. The van der Waals surface area contributed by atoms with Crippen LogP contribution in [0.5, 0.6) is 5.75 Å². The van der Waals surface area contributed by atoms with E-state index in [-0.39, 0.29) is 16.7 Å². The largest absolute Gasteiger partial charge is 0.426 e. The lowest BCUT2D eigenvalue weighted by atomic mass is 9.86. The number of carbonyl (C=O) groups is 1. The van der Waals surface area contributed by atoms with E-state index in [1.54, 1.807) is 54.6 Å². The zero-order chi connectivity index (χ0) is 24.6. The summed E-state index contributed by atoms with van der Waals surface area (Å²) in [5.74, 6) is -0.580. The number of hydrogen-bond donors (Lipinski definition) is 1. The summed E-state index contributed by atoms with van der Waals surface area (Å²) in [6.07, 6.45) is 2.34. The van der Waals surface area contributed by atoms with E-state index in [2.05, 4.69) is 4.72 Å². The molecule has 180 valence electrons. The van der Waals surface area contributed by atoms with Gasteiger partial charge in [0.05, 0.1) is 16.2 Å². The standard InChI is InChI=1S/C27H25NO6S/c1-17-9-12-21(13-10-17)35(31,32)28-19-6-4-5-18(15-19)26(29)33-20-11-14-23-22-7-2-3-8-24(22)27(30)34-25(23)16-20/h2-3,7-14,16,18-19,28H,4-6,15H2,1H3. The van der Waals surface area contributed by atoms with Crippen LogP contribution in [0.4, 0.5) is 0 Å². The molecule has 0 amide bonds. The van der Waals surface area contributed by atoms with Gasteiger partial charge in [-0.25, -0.2) is 17.9 Å². The average Bonchev–Trinajstić information content (AvgIpc) is 2.84. The summed E-state index contributed by atoms with van der Waals surface area (Å²) < 4.78 is 39.3. The number of esters is 1. The van der Waals surface area contributed by atoms with E-state index in [4.69, 9.17) is 9.15 Å². The molecule has 1 aromatic heterocycles. The Hall–Kier alpha value is -3.49. The number of fused-ring (bicyclic) bond motifs is 3. The predicted molar refractivity (Wildman–Crippen MR) is 133 cm³/mol. The minimum atomic E-state index is -3.68. The van der Waals surface area contributed by atoms with E-state index in [1.165, 1.54) is 0 Å². The van der Waals surface area contributed by atoms with Crippen LogP contribution in [0.15, 0.2) is 80.8 Å². The van der Waals surface area contributed by atoms with Crippen LogP contribution >= 0.6 is 0 Å². The van der Waals surface area contributed by atoms with Crippen molar-refractivity contribution in [2.75, 3.05) is 0 Å². The van der Waals surface area contributed by atoms with Gasteiger partial charge in [0.1, 0.15) is 11.3 Å². The van der Waals surface area contributed by atoms with Crippen LogP contribution in [-0.4, -0.2) is 20.4 Å². The highest BCUT2D eigenvalue weighted by atomic mass is 32.2. The summed E-state index contributed by atoms with van der Waals surface area (Å²) in [5, 5.41) is 2.02. The number of sulfonamides is 1. The number of carbonyl (C=O) groups excluding carboxylic acids is 1. The van der Waals surface area contributed by atoms with Crippen molar-refractivity contribution in [2.24, 2.45) is 5.92 Å². The Morgan fingerprint density at radius 3 is 2.49 bits per heavy atom. The van der Waals surface area contributed by atoms with E-state index in [1.807, 2.05) is 19.1 Å². The van der Waals surface area contributed by atoms with Crippen molar-refractivity contribution in [3.8, 4) is 5.75 Å². The fourth-order valence-corrected chi connectivity index (χ4v) is 5.92. The molecule has 35 heavy (non-hydrogen) atoms. The van der Waals surface area contributed by atoms with E-state index < -0.39 is 27.5 Å². The summed E-state index contributed by atoms with van der Waals surface area (Å²) in [6.45, 7) is 1.90. The Balaban J connectivity index is 1.30. The first-order valence-corrected chi connectivity index (χ1v) is 13.0. The van der Waals surface area contributed by atoms with Crippen LogP contribution in [0.3, 0.4) is 0 Å². The molecule has 0 bridgehead atoms. The van der Waals surface area contributed by atoms with Crippen LogP contribution in [0.25, 0.3) is 21.7 Å². The second-order valence-electron chi connectivity index (χ2n) is 9.01. The normalized spacial score (nSPS) is 18.5. The molecule has 0 spiro atoms. The van der Waals surface area contributed by atoms with Gasteiger partial charge in [-0.1, -0.05) is 42.3 Å². The fraction of sp³-hybridized carbons (Fsp3) is 0.259. The molecule has 4 aromatic rings. The Kier molecular flexibility index (Phi) is 6.17. The number of aryl methyl sites for hydroxylation is 1. The monoisotopic (exact) mass is 491 g/mol. The SMILES string of the molecule is Cc1ccc(S(=O)(=O)NC2CCCC(C(=O)Oc3ccc4c(c3)oc(=O)c3ccccc34)C2)cc1. The maximum Gasteiger partial charge on any atom is 0.344 e. The third-order valence-electron chi connectivity index (χ3n) is 6.47. The van der Waals surface area contributed by atoms with Gasteiger partial charge in [-0.2, -0.15) is 0 Å². The van der Waals surface area contributed by atoms with Gasteiger partial charge in [0.15, 0.2) is 0 Å². The molecule has 1 N–H and O–H groups in total. The number of rotatable bonds is 5. The minimum Gasteiger partial charge on any atom is -0.426 e. The molecule has 1 aliphatic rings. The van der Waals surface area contributed by atoms with Crippen LogP contribution < -0.4 is 15.1 Å². The van der Waals surface area contributed by atoms with Gasteiger partial charge in [0.25, 0.3) is 0 Å².